The number of ether oxygens (including phenoxy) is 1. The summed E-state index contributed by atoms with van der Waals surface area (Å²) >= 11 is 1.33. The number of hydrogen-bond acceptors (Lipinski definition) is 6. The Balaban J connectivity index is 1.53. The maximum atomic E-state index is 12.4. The number of nitrogens with one attached hydrogen (secondary N) is 1. The number of aromatic nitrogens is 3. The molecule has 0 radical (unpaired) electrons. The second-order valence-corrected chi connectivity index (χ2v) is 7.82. The number of rotatable bonds is 5. The van der Waals surface area contributed by atoms with Crippen molar-refractivity contribution in [2.24, 2.45) is 0 Å². The summed E-state index contributed by atoms with van der Waals surface area (Å²) in [6.07, 6.45) is 0. The molecule has 4 aromatic rings. The number of fused-ring (bicyclic) bond motifs is 3. The van der Waals surface area contributed by atoms with Gasteiger partial charge >= 0.3 is 5.97 Å². The number of thioether (sulfide) groups is 1. The Morgan fingerprint density at radius 1 is 1.07 bits per heavy atom. The summed E-state index contributed by atoms with van der Waals surface area (Å²) in [6.45, 7) is 4.11. The molecule has 0 unspecified atom stereocenters. The fourth-order valence-electron chi connectivity index (χ4n) is 3.36. The molecule has 0 spiro atoms. The van der Waals surface area contributed by atoms with Crippen molar-refractivity contribution in [1.29, 1.82) is 0 Å². The lowest BCUT2D eigenvalue weighted by atomic mass is 10.1. The topological polar surface area (TPSA) is 85.6 Å². The summed E-state index contributed by atoms with van der Waals surface area (Å²) in [6, 6.07) is 14.7. The molecule has 1 N–H and O–H groups in total. The van der Waals surface area contributed by atoms with Gasteiger partial charge in [0.1, 0.15) is 0 Å². The number of carbonyl (C=O) groups is 2. The molecule has 0 saturated carbocycles. The van der Waals surface area contributed by atoms with Gasteiger partial charge in [0.2, 0.25) is 5.91 Å². The van der Waals surface area contributed by atoms with E-state index in [0.29, 0.717) is 16.4 Å². The minimum absolute atomic E-state index is 0.171. The molecule has 1 amide bonds. The highest BCUT2D eigenvalue weighted by Gasteiger charge is 2.15. The molecule has 8 heteroatoms. The Bertz CT molecular complexity index is 1270. The van der Waals surface area contributed by atoms with Crippen LogP contribution in [-0.2, 0) is 9.53 Å². The monoisotopic (exact) mass is 420 g/mol. The first kappa shape index (κ1) is 19.9. The lowest BCUT2D eigenvalue weighted by Crippen LogP contribution is -2.14. The van der Waals surface area contributed by atoms with Gasteiger partial charge in [-0.15, -0.1) is 10.2 Å². The molecule has 152 valence electrons. The normalized spacial score (nSPS) is 11.0. The number of pyridine rings is 1. The zero-order chi connectivity index (χ0) is 21.3. The summed E-state index contributed by atoms with van der Waals surface area (Å²) < 4.78 is 6.67. The van der Waals surface area contributed by atoms with E-state index in [-0.39, 0.29) is 11.7 Å². The van der Waals surface area contributed by atoms with Crippen molar-refractivity contribution in [3.63, 3.8) is 0 Å². The van der Waals surface area contributed by atoms with Gasteiger partial charge in [0.05, 0.1) is 23.9 Å². The SMILES string of the molecule is COC(=O)c1ccc(NC(=O)CSc2nnc3cc(C)c4cccc(C)c4n23)cc1. The zero-order valence-electron chi connectivity index (χ0n) is 16.8. The molecule has 4 rings (SSSR count). The molecule has 0 saturated heterocycles. The van der Waals surface area contributed by atoms with E-state index < -0.39 is 5.97 Å². The Morgan fingerprint density at radius 3 is 2.57 bits per heavy atom. The number of nitrogens with zero attached hydrogens (tertiary/aromatic N) is 3. The number of esters is 1. The molecule has 0 aliphatic heterocycles. The van der Waals surface area contributed by atoms with E-state index in [2.05, 4.69) is 46.2 Å². The van der Waals surface area contributed by atoms with E-state index in [9.17, 15) is 9.59 Å². The first-order valence-electron chi connectivity index (χ1n) is 9.33. The number of benzene rings is 2. The van der Waals surface area contributed by atoms with Crippen molar-refractivity contribution in [1.82, 2.24) is 14.6 Å². The Hall–Kier alpha value is -3.39. The molecule has 0 fully saturated rings. The van der Waals surface area contributed by atoms with E-state index >= 15 is 0 Å². The number of carbonyl (C=O) groups excluding carboxylic acids is 2. The van der Waals surface area contributed by atoms with Crippen LogP contribution >= 0.6 is 11.8 Å². The minimum atomic E-state index is -0.417. The van der Waals surface area contributed by atoms with Crippen LogP contribution in [0.4, 0.5) is 5.69 Å². The van der Waals surface area contributed by atoms with Crippen LogP contribution in [0.15, 0.2) is 53.7 Å². The van der Waals surface area contributed by atoms with Gasteiger partial charge in [-0.05, 0) is 55.3 Å². The van der Waals surface area contributed by atoms with Gasteiger partial charge in [-0.2, -0.15) is 0 Å². The van der Waals surface area contributed by atoms with Crippen LogP contribution < -0.4 is 5.32 Å². The van der Waals surface area contributed by atoms with Gasteiger partial charge in [-0.25, -0.2) is 4.79 Å². The molecule has 0 aliphatic rings. The van der Waals surface area contributed by atoms with Crippen LogP contribution in [-0.4, -0.2) is 39.3 Å². The van der Waals surface area contributed by atoms with Crippen LogP contribution in [0.1, 0.15) is 21.5 Å². The smallest absolute Gasteiger partial charge is 0.337 e. The van der Waals surface area contributed by atoms with Crippen LogP contribution in [0.2, 0.25) is 0 Å². The standard InChI is InChI=1S/C22H20N4O3S/c1-13-5-4-6-17-14(2)11-18-24-25-22(26(18)20(13)17)30-12-19(27)23-16-9-7-15(8-10-16)21(28)29-3/h4-11H,12H2,1-3H3,(H,23,27). The van der Waals surface area contributed by atoms with Gasteiger partial charge in [0.15, 0.2) is 10.8 Å². The van der Waals surface area contributed by atoms with E-state index in [1.54, 1.807) is 24.3 Å². The van der Waals surface area contributed by atoms with E-state index in [1.165, 1.54) is 18.9 Å². The Labute approximate surface area is 177 Å². The summed E-state index contributed by atoms with van der Waals surface area (Å²) in [4.78, 5) is 23.9. The number of hydrogen-bond donors (Lipinski definition) is 1. The average molecular weight is 420 g/mol. The second-order valence-electron chi connectivity index (χ2n) is 6.88. The third-order valence-electron chi connectivity index (χ3n) is 4.81. The van der Waals surface area contributed by atoms with Crippen LogP contribution in [0.5, 0.6) is 0 Å². The van der Waals surface area contributed by atoms with E-state index in [4.69, 9.17) is 0 Å². The largest absolute Gasteiger partial charge is 0.465 e. The third-order valence-corrected chi connectivity index (χ3v) is 5.74. The number of para-hydroxylation sites is 1. The van der Waals surface area contributed by atoms with E-state index in [0.717, 1.165) is 27.7 Å². The zero-order valence-corrected chi connectivity index (χ0v) is 17.6. The molecule has 30 heavy (non-hydrogen) atoms. The van der Waals surface area contributed by atoms with Gasteiger partial charge < -0.3 is 10.1 Å². The molecule has 2 aromatic carbocycles. The summed E-state index contributed by atoms with van der Waals surface area (Å²) in [5.74, 6) is -0.406. The summed E-state index contributed by atoms with van der Waals surface area (Å²) in [5.41, 5.74) is 5.11. The Kier molecular flexibility index (Phi) is 5.41. The molecular weight excluding hydrogens is 400 g/mol. The quantitative estimate of drug-likeness (QED) is 0.388. The minimum Gasteiger partial charge on any atom is -0.465 e. The van der Waals surface area contributed by atoms with E-state index in [1.807, 2.05) is 16.5 Å². The number of anilines is 1. The Morgan fingerprint density at radius 2 is 1.83 bits per heavy atom. The molecule has 0 bridgehead atoms. The predicted octanol–water partition coefficient (Wildman–Crippen LogP) is 4.02. The first-order valence-corrected chi connectivity index (χ1v) is 10.3. The average Bonchev–Trinajstić information content (AvgIpc) is 3.15. The predicted molar refractivity (Wildman–Crippen MR) is 117 cm³/mol. The number of methoxy groups -OCH3 is 1. The highest BCUT2D eigenvalue weighted by molar-refractivity contribution is 7.99. The fraction of sp³-hybridized carbons (Fsp3) is 0.182. The lowest BCUT2D eigenvalue weighted by Gasteiger charge is -2.10. The number of amides is 1. The lowest BCUT2D eigenvalue weighted by molar-refractivity contribution is -0.113. The van der Waals surface area contributed by atoms with Gasteiger partial charge in [-0.3, -0.25) is 9.20 Å². The van der Waals surface area contributed by atoms with Gasteiger partial charge in [0.25, 0.3) is 0 Å². The fourth-order valence-corrected chi connectivity index (χ4v) is 4.10. The second kappa shape index (κ2) is 8.16. The molecular formula is C22H20N4O3S. The van der Waals surface area contributed by atoms with Gasteiger partial charge in [-0.1, -0.05) is 30.0 Å². The molecule has 7 nitrogen and oxygen atoms in total. The van der Waals surface area contributed by atoms with Crippen LogP contribution in [0, 0.1) is 13.8 Å². The van der Waals surface area contributed by atoms with Gasteiger partial charge in [0, 0.05) is 11.1 Å². The van der Waals surface area contributed by atoms with Crippen LogP contribution in [0.25, 0.3) is 16.6 Å². The van der Waals surface area contributed by atoms with Crippen molar-refractivity contribution in [2.75, 3.05) is 18.2 Å². The maximum Gasteiger partial charge on any atom is 0.337 e. The molecule has 0 aliphatic carbocycles. The highest BCUT2D eigenvalue weighted by atomic mass is 32.2. The van der Waals surface area contributed by atoms with Crippen molar-refractivity contribution < 1.29 is 14.3 Å². The summed E-state index contributed by atoms with van der Waals surface area (Å²) in [5, 5.41) is 13.2. The first-order chi connectivity index (χ1) is 14.5. The third kappa shape index (κ3) is 3.73. The summed E-state index contributed by atoms with van der Waals surface area (Å²) in [7, 11) is 1.33. The van der Waals surface area contributed by atoms with Crippen molar-refractivity contribution in [3.8, 4) is 0 Å². The number of aryl methyl sites for hydroxylation is 2. The molecule has 2 aromatic heterocycles. The van der Waals surface area contributed by atoms with Crippen LogP contribution in [0.3, 0.4) is 0 Å². The maximum absolute atomic E-state index is 12.4. The van der Waals surface area contributed by atoms with Crippen molar-refractivity contribution in [3.05, 3.63) is 65.2 Å². The molecule has 0 atom stereocenters. The van der Waals surface area contributed by atoms with Crippen molar-refractivity contribution >= 4 is 45.9 Å². The van der Waals surface area contributed by atoms with Crippen molar-refractivity contribution in [2.45, 2.75) is 19.0 Å². The highest BCUT2D eigenvalue weighted by Crippen LogP contribution is 2.28. The molecule has 2 heterocycles.